The van der Waals surface area contributed by atoms with Gasteiger partial charge in [0.05, 0.1) is 5.75 Å². The van der Waals surface area contributed by atoms with Gasteiger partial charge < -0.3 is 0 Å². The summed E-state index contributed by atoms with van der Waals surface area (Å²) in [6, 6.07) is 7.35. The molecule has 7 heteroatoms. The van der Waals surface area contributed by atoms with E-state index in [0.29, 0.717) is 29.8 Å². The molecule has 4 heterocycles. The number of pyridine rings is 2. The van der Waals surface area contributed by atoms with Crippen LogP contribution >= 0.6 is 0 Å². The quantitative estimate of drug-likeness (QED) is 0.724. The Bertz CT molecular complexity index is 935. The molecule has 1 atom stereocenters. The van der Waals surface area contributed by atoms with Crippen LogP contribution in [-0.2, 0) is 9.84 Å². The lowest BCUT2D eigenvalue weighted by Gasteiger charge is -2.15. The molecule has 4 rings (SSSR count). The molecule has 0 saturated carbocycles. The van der Waals surface area contributed by atoms with E-state index in [-0.39, 0.29) is 5.75 Å². The lowest BCUT2D eigenvalue weighted by Crippen LogP contribution is -2.17. The van der Waals surface area contributed by atoms with Gasteiger partial charge in [-0.15, -0.1) is 0 Å². The maximum atomic E-state index is 12.4. The largest absolute Gasteiger partial charge is 0.291 e. The summed E-state index contributed by atoms with van der Waals surface area (Å²) in [4.78, 5) is 13.1. The zero-order chi connectivity index (χ0) is 15.2. The van der Waals surface area contributed by atoms with Gasteiger partial charge in [0.2, 0.25) is 0 Å². The lowest BCUT2D eigenvalue weighted by molar-refractivity contribution is 0.563. The number of rotatable bonds is 2. The van der Waals surface area contributed by atoms with Crippen molar-refractivity contribution < 1.29 is 8.42 Å². The molecule has 0 spiro atoms. The molecule has 1 unspecified atom stereocenters. The molecular weight excluding hydrogens is 300 g/mol. The third kappa shape index (κ3) is 2.00. The molecule has 112 valence electrons. The van der Waals surface area contributed by atoms with Crippen LogP contribution in [0.25, 0.3) is 22.6 Å². The van der Waals surface area contributed by atoms with E-state index in [1.165, 1.54) is 0 Å². The molecule has 0 aliphatic carbocycles. The highest BCUT2D eigenvalue weighted by Gasteiger charge is 2.35. The van der Waals surface area contributed by atoms with Crippen molar-refractivity contribution in [3.8, 4) is 11.4 Å². The number of imidazole rings is 1. The van der Waals surface area contributed by atoms with Crippen LogP contribution in [-0.4, -0.2) is 33.7 Å². The van der Waals surface area contributed by atoms with Gasteiger partial charge in [0.25, 0.3) is 0 Å². The predicted molar refractivity (Wildman–Crippen MR) is 82.8 cm³/mol. The van der Waals surface area contributed by atoms with Crippen molar-refractivity contribution in [2.24, 2.45) is 0 Å². The molecule has 6 nitrogen and oxygen atoms in total. The van der Waals surface area contributed by atoms with Gasteiger partial charge in [-0.1, -0.05) is 0 Å². The van der Waals surface area contributed by atoms with Crippen molar-refractivity contribution in [1.29, 1.82) is 0 Å². The average molecular weight is 314 g/mol. The van der Waals surface area contributed by atoms with E-state index in [9.17, 15) is 8.42 Å². The molecule has 1 saturated heterocycles. The van der Waals surface area contributed by atoms with E-state index >= 15 is 0 Å². The Morgan fingerprint density at radius 1 is 1.18 bits per heavy atom. The molecular formula is C15H14N4O2S. The van der Waals surface area contributed by atoms with Gasteiger partial charge in [0.1, 0.15) is 16.7 Å². The lowest BCUT2D eigenvalue weighted by atomic mass is 10.2. The van der Waals surface area contributed by atoms with Crippen molar-refractivity contribution in [3.05, 3.63) is 42.9 Å². The van der Waals surface area contributed by atoms with Gasteiger partial charge in [-0.25, -0.2) is 18.4 Å². The van der Waals surface area contributed by atoms with Crippen LogP contribution in [0, 0.1) is 0 Å². The maximum Gasteiger partial charge on any atom is 0.171 e. The standard InChI is InChI=1S/C15H14N4O2S/c20-22(21)9-3-6-13(22)19-14(11-4-1-7-16-10-11)18-12-5-2-8-17-15(12)19/h1-2,4-5,7-8,10,13H,3,6,9H2. The third-order valence-electron chi connectivity index (χ3n) is 3.95. The van der Waals surface area contributed by atoms with Crippen molar-refractivity contribution in [2.45, 2.75) is 18.2 Å². The second-order valence-electron chi connectivity index (χ2n) is 5.36. The fraction of sp³-hybridized carbons (Fsp3) is 0.267. The molecule has 3 aromatic rings. The molecule has 0 radical (unpaired) electrons. The molecule has 1 aliphatic rings. The van der Waals surface area contributed by atoms with E-state index < -0.39 is 15.2 Å². The highest BCUT2D eigenvalue weighted by Crippen LogP contribution is 2.36. The summed E-state index contributed by atoms with van der Waals surface area (Å²) in [7, 11) is -3.17. The summed E-state index contributed by atoms with van der Waals surface area (Å²) in [5.74, 6) is 0.827. The number of sulfone groups is 1. The number of nitrogens with zero attached hydrogens (tertiary/aromatic N) is 4. The van der Waals surface area contributed by atoms with Crippen LogP contribution in [0.4, 0.5) is 0 Å². The molecule has 22 heavy (non-hydrogen) atoms. The summed E-state index contributed by atoms with van der Waals surface area (Å²) in [6.45, 7) is 0. The number of aromatic nitrogens is 4. The van der Waals surface area contributed by atoms with Gasteiger partial charge in [0, 0.05) is 24.2 Å². The van der Waals surface area contributed by atoms with E-state index in [1.54, 1.807) is 29.2 Å². The molecule has 0 aromatic carbocycles. The Morgan fingerprint density at radius 3 is 2.77 bits per heavy atom. The summed E-state index contributed by atoms with van der Waals surface area (Å²) >= 11 is 0. The summed E-state index contributed by atoms with van der Waals surface area (Å²) in [5.41, 5.74) is 2.10. The fourth-order valence-corrected chi connectivity index (χ4v) is 4.85. The van der Waals surface area contributed by atoms with Gasteiger partial charge in [-0.05, 0) is 37.1 Å². The predicted octanol–water partition coefficient (Wildman–Crippen LogP) is 2.20. The topological polar surface area (TPSA) is 77.7 Å². The zero-order valence-corrected chi connectivity index (χ0v) is 12.6. The van der Waals surface area contributed by atoms with E-state index in [4.69, 9.17) is 0 Å². The van der Waals surface area contributed by atoms with Gasteiger partial charge >= 0.3 is 0 Å². The zero-order valence-electron chi connectivity index (χ0n) is 11.8. The fourth-order valence-electron chi connectivity index (χ4n) is 2.97. The highest BCUT2D eigenvalue weighted by atomic mass is 32.2. The molecule has 0 amide bonds. The van der Waals surface area contributed by atoms with Crippen LogP contribution in [0.5, 0.6) is 0 Å². The van der Waals surface area contributed by atoms with Crippen LogP contribution in [0.1, 0.15) is 18.2 Å². The number of hydrogen-bond acceptors (Lipinski definition) is 5. The van der Waals surface area contributed by atoms with Crippen LogP contribution in [0.2, 0.25) is 0 Å². The van der Waals surface area contributed by atoms with Crippen molar-refractivity contribution in [3.63, 3.8) is 0 Å². The Morgan fingerprint density at radius 2 is 2.05 bits per heavy atom. The average Bonchev–Trinajstić information content (AvgIpc) is 3.07. The molecule has 3 aromatic heterocycles. The van der Waals surface area contributed by atoms with Crippen molar-refractivity contribution >= 4 is 21.0 Å². The minimum atomic E-state index is -3.17. The van der Waals surface area contributed by atoms with Crippen LogP contribution < -0.4 is 0 Å². The Labute approximate surface area is 127 Å². The normalized spacial score (nSPS) is 20.5. The number of hydrogen-bond donors (Lipinski definition) is 0. The van der Waals surface area contributed by atoms with Gasteiger partial charge in [0.15, 0.2) is 15.5 Å². The molecule has 0 N–H and O–H groups in total. The van der Waals surface area contributed by atoms with Crippen molar-refractivity contribution in [1.82, 2.24) is 19.5 Å². The summed E-state index contributed by atoms with van der Waals surface area (Å²) in [5, 5.41) is -0.595. The molecule has 1 aliphatic heterocycles. The SMILES string of the molecule is O=S1(=O)CCCC1n1c(-c2cccnc2)nc2cccnc21. The van der Waals surface area contributed by atoms with E-state index in [2.05, 4.69) is 15.0 Å². The van der Waals surface area contributed by atoms with Gasteiger partial charge in [-0.2, -0.15) is 0 Å². The van der Waals surface area contributed by atoms with Crippen LogP contribution in [0.3, 0.4) is 0 Å². The minimum Gasteiger partial charge on any atom is -0.291 e. The van der Waals surface area contributed by atoms with Gasteiger partial charge in [-0.3, -0.25) is 9.55 Å². The Kier molecular flexibility index (Phi) is 2.97. The minimum absolute atomic E-state index is 0.219. The highest BCUT2D eigenvalue weighted by molar-refractivity contribution is 7.91. The second-order valence-corrected chi connectivity index (χ2v) is 7.64. The smallest absolute Gasteiger partial charge is 0.171 e. The molecule has 1 fully saturated rings. The monoisotopic (exact) mass is 314 g/mol. The first kappa shape index (κ1) is 13.4. The summed E-state index contributed by atoms with van der Waals surface area (Å²) in [6.07, 6.45) is 6.30. The number of fused-ring (bicyclic) bond motifs is 1. The van der Waals surface area contributed by atoms with Crippen LogP contribution in [0.15, 0.2) is 42.9 Å². The maximum absolute atomic E-state index is 12.4. The molecule has 0 bridgehead atoms. The third-order valence-corrected chi connectivity index (χ3v) is 6.08. The van der Waals surface area contributed by atoms with E-state index in [1.807, 2.05) is 18.2 Å². The van der Waals surface area contributed by atoms with Crippen molar-refractivity contribution in [2.75, 3.05) is 5.75 Å². The van der Waals surface area contributed by atoms with E-state index in [0.717, 1.165) is 5.56 Å². The second kappa shape index (κ2) is 4.88. The Balaban J connectivity index is 2.03. The summed E-state index contributed by atoms with van der Waals surface area (Å²) < 4.78 is 26.5. The first-order valence-corrected chi connectivity index (χ1v) is 8.83. The first-order chi connectivity index (χ1) is 10.7. The Hall–Kier alpha value is -2.28. The first-order valence-electron chi connectivity index (χ1n) is 7.12.